The number of carbonyl (C=O) groups excluding carboxylic acids is 1. The summed E-state index contributed by atoms with van der Waals surface area (Å²) in [5, 5.41) is 0. The molecule has 0 fully saturated rings. The highest BCUT2D eigenvalue weighted by molar-refractivity contribution is 5.75. The molecule has 13 heavy (non-hydrogen) atoms. The van der Waals surface area contributed by atoms with E-state index in [4.69, 9.17) is 5.84 Å². The van der Waals surface area contributed by atoms with Gasteiger partial charge in [-0.3, -0.25) is 10.2 Å². The number of nitrogens with one attached hydrogen (secondary N) is 1. The average Bonchev–Trinajstić information content (AvgIpc) is 2.13. The molecule has 4 nitrogen and oxygen atoms in total. The van der Waals surface area contributed by atoms with E-state index in [0.717, 1.165) is 6.54 Å². The summed E-state index contributed by atoms with van der Waals surface area (Å²) in [7, 11) is 2.03. The third-order valence-electron chi connectivity index (χ3n) is 2.31. The normalized spacial score (nSPS) is 13.0. The van der Waals surface area contributed by atoms with Gasteiger partial charge in [0.2, 0.25) is 5.91 Å². The lowest BCUT2D eigenvalue weighted by Crippen LogP contribution is -2.36. The van der Waals surface area contributed by atoms with E-state index in [2.05, 4.69) is 24.2 Å². The molecule has 1 amide bonds. The molecule has 1 unspecified atom stereocenters. The number of hydrazine groups is 1. The molecule has 0 aliphatic carbocycles. The van der Waals surface area contributed by atoms with Gasteiger partial charge in [-0.1, -0.05) is 13.3 Å². The molecule has 0 saturated carbocycles. The molecular formula is C9H21N3O. The SMILES string of the molecule is CCCC(C)N(C)CCC(=O)NN. The van der Waals surface area contributed by atoms with E-state index in [9.17, 15) is 4.79 Å². The predicted molar refractivity (Wildman–Crippen MR) is 53.9 cm³/mol. The van der Waals surface area contributed by atoms with Crippen LogP contribution in [0.25, 0.3) is 0 Å². The standard InChI is InChI=1S/C9H21N3O/c1-4-5-8(2)12(3)7-6-9(13)11-10/h8H,4-7,10H2,1-3H3,(H,11,13). The third-order valence-corrected chi connectivity index (χ3v) is 2.31. The first-order valence-corrected chi connectivity index (χ1v) is 4.81. The minimum atomic E-state index is -0.101. The maximum atomic E-state index is 10.8. The highest BCUT2D eigenvalue weighted by Gasteiger charge is 2.08. The Morgan fingerprint density at radius 3 is 2.69 bits per heavy atom. The van der Waals surface area contributed by atoms with Gasteiger partial charge in [-0.05, 0) is 20.4 Å². The quantitative estimate of drug-likeness (QED) is 0.361. The lowest BCUT2D eigenvalue weighted by molar-refractivity contribution is -0.121. The van der Waals surface area contributed by atoms with Crippen LogP contribution >= 0.6 is 0 Å². The Balaban J connectivity index is 3.60. The zero-order chi connectivity index (χ0) is 10.3. The first-order chi connectivity index (χ1) is 6.11. The van der Waals surface area contributed by atoms with E-state index < -0.39 is 0 Å². The molecule has 0 aromatic rings. The zero-order valence-electron chi connectivity index (χ0n) is 8.84. The second-order valence-corrected chi connectivity index (χ2v) is 3.44. The summed E-state index contributed by atoms with van der Waals surface area (Å²) < 4.78 is 0. The minimum absolute atomic E-state index is 0.101. The van der Waals surface area contributed by atoms with Crippen LogP contribution in [0.15, 0.2) is 0 Å². The molecule has 0 radical (unpaired) electrons. The van der Waals surface area contributed by atoms with Gasteiger partial charge in [-0.25, -0.2) is 5.84 Å². The monoisotopic (exact) mass is 187 g/mol. The van der Waals surface area contributed by atoms with Gasteiger partial charge in [-0.15, -0.1) is 0 Å². The van der Waals surface area contributed by atoms with Crippen LogP contribution < -0.4 is 11.3 Å². The number of hydrogen-bond donors (Lipinski definition) is 2. The third kappa shape index (κ3) is 5.60. The molecule has 4 heteroatoms. The van der Waals surface area contributed by atoms with E-state index in [-0.39, 0.29) is 5.91 Å². The first-order valence-electron chi connectivity index (χ1n) is 4.81. The molecular weight excluding hydrogens is 166 g/mol. The van der Waals surface area contributed by atoms with Crippen molar-refractivity contribution in [3.8, 4) is 0 Å². The second-order valence-electron chi connectivity index (χ2n) is 3.44. The van der Waals surface area contributed by atoms with Crippen molar-refractivity contribution in [2.45, 2.75) is 39.2 Å². The zero-order valence-corrected chi connectivity index (χ0v) is 8.84. The smallest absolute Gasteiger partial charge is 0.235 e. The summed E-state index contributed by atoms with van der Waals surface area (Å²) in [6.45, 7) is 5.10. The van der Waals surface area contributed by atoms with Gasteiger partial charge in [-0.2, -0.15) is 0 Å². The van der Waals surface area contributed by atoms with Crippen molar-refractivity contribution in [2.24, 2.45) is 5.84 Å². The lowest BCUT2D eigenvalue weighted by Gasteiger charge is -2.23. The van der Waals surface area contributed by atoms with Crippen molar-refractivity contribution in [2.75, 3.05) is 13.6 Å². The van der Waals surface area contributed by atoms with Crippen molar-refractivity contribution in [3.05, 3.63) is 0 Å². The van der Waals surface area contributed by atoms with E-state index in [0.29, 0.717) is 12.5 Å². The number of hydrogen-bond acceptors (Lipinski definition) is 3. The van der Waals surface area contributed by atoms with Crippen LogP contribution in [0.3, 0.4) is 0 Å². The highest BCUT2D eigenvalue weighted by Crippen LogP contribution is 2.03. The van der Waals surface area contributed by atoms with Crippen LogP contribution in [-0.2, 0) is 4.79 Å². The number of nitrogens with two attached hydrogens (primary N) is 1. The fourth-order valence-corrected chi connectivity index (χ4v) is 1.21. The van der Waals surface area contributed by atoms with Crippen LogP contribution in [0.4, 0.5) is 0 Å². The maximum Gasteiger partial charge on any atom is 0.235 e. The van der Waals surface area contributed by atoms with Crippen molar-refractivity contribution in [1.29, 1.82) is 0 Å². The molecule has 0 bridgehead atoms. The van der Waals surface area contributed by atoms with Gasteiger partial charge < -0.3 is 4.90 Å². The summed E-state index contributed by atoms with van der Waals surface area (Å²) in [4.78, 5) is 13.0. The van der Waals surface area contributed by atoms with Gasteiger partial charge in [0.05, 0.1) is 0 Å². The molecule has 0 saturated heterocycles. The summed E-state index contributed by atoms with van der Waals surface area (Å²) in [5.74, 6) is 4.87. The molecule has 0 aliphatic heterocycles. The topological polar surface area (TPSA) is 58.4 Å². The number of rotatable bonds is 6. The minimum Gasteiger partial charge on any atom is -0.303 e. The Bertz CT molecular complexity index is 150. The van der Waals surface area contributed by atoms with E-state index in [1.54, 1.807) is 0 Å². The summed E-state index contributed by atoms with van der Waals surface area (Å²) in [6.07, 6.45) is 2.82. The molecule has 0 spiro atoms. The molecule has 0 rings (SSSR count). The maximum absolute atomic E-state index is 10.8. The van der Waals surface area contributed by atoms with Gasteiger partial charge >= 0.3 is 0 Å². The Kier molecular flexibility index (Phi) is 6.54. The van der Waals surface area contributed by atoms with Crippen molar-refractivity contribution in [3.63, 3.8) is 0 Å². The number of amides is 1. The van der Waals surface area contributed by atoms with E-state index in [1.807, 2.05) is 7.05 Å². The van der Waals surface area contributed by atoms with Crippen LogP contribution in [0.5, 0.6) is 0 Å². The summed E-state index contributed by atoms with van der Waals surface area (Å²) in [6, 6.07) is 0.538. The molecule has 0 aromatic carbocycles. The van der Waals surface area contributed by atoms with Crippen LogP contribution in [0.2, 0.25) is 0 Å². The highest BCUT2D eigenvalue weighted by atomic mass is 16.2. The predicted octanol–water partition coefficient (Wildman–Crippen LogP) is 0.487. The fraction of sp³-hybridized carbons (Fsp3) is 0.889. The molecule has 78 valence electrons. The number of carbonyl (C=O) groups is 1. The largest absolute Gasteiger partial charge is 0.303 e. The van der Waals surface area contributed by atoms with Crippen molar-refractivity contribution < 1.29 is 4.79 Å². The summed E-state index contributed by atoms with van der Waals surface area (Å²) in [5.41, 5.74) is 2.13. The molecule has 1 atom stereocenters. The first kappa shape index (κ1) is 12.4. The molecule has 0 heterocycles. The Morgan fingerprint density at radius 1 is 1.62 bits per heavy atom. The summed E-state index contributed by atoms with van der Waals surface area (Å²) >= 11 is 0. The molecule has 0 aromatic heterocycles. The van der Waals surface area contributed by atoms with Crippen LogP contribution in [0, 0.1) is 0 Å². The second kappa shape index (κ2) is 6.86. The van der Waals surface area contributed by atoms with Crippen LogP contribution in [-0.4, -0.2) is 30.4 Å². The van der Waals surface area contributed by atoms with Gasteiger partial charge in [0.1, 0.15) is 0 Å². The lowest BCUT2D eigenvalue weighted by atomic mass is 10.1. The van der Waals surface area contributed by atoms with Crippen molar-refractivity contribution >= 4 is 5.91 Å². The Labute approximate surface area is 80.4 Å². The average molecular weight is 187 g/mol. The van der Waals surface area contributed by atoms with Gasteiger partial charge in [0.25, 0.3) is 0 Å². The van der Waals surface area contributed by atoms with Gasteiger partial charge in [0.15, 0.2) is 0 Å². The fourth-order valence-electron chi connectivity index (χ4n) is 1.21. The van der Waals surface area contributed by atoms with E-state index >= 15 is 0 Å². The molecule has 0 aliphatic rings. The Hall–Kier alpha value is -0.610. The van der Waals surface area contributed by atoms with Crippen molar-refractivity contribution in [1.82, 2.24) is 10.3 Å². The van der Waals surface area contributed by atoms with E-state index in [1.165, 1.54) is 12.8 Å². The van der Waals surface area contributed by atoms with Gasteiger partial charge in [0, 0.05) is 19.0 Å². The van der Waals surface area contributed by atoms with Crippen LogP contribution in [0.1, 0.15) is 33.1 Å². The Morgan fingerprint density at radius 2 is 2.23 bits per heavy atom. The molecule has 3 N–H and O–H groups in total. The number of nitrogens with zero attached hydrogens (tertiary/aromatic N) is 1.